The van der Waals surface area contributed by atoms with E-state index in [1.807, 2.05) is 48.5 Å². The Morgan fingerprint density at radius 3 is 2.58 bits per heavy atom. The molecule has 38 heavy (non-hydrogen) atoms. The molecule has 1 atom stereocenters. The summed E-state index contributed by atoms with van der Waals surface area (Å²) in [7, 11) is 1.56. The number of rotatable bonds is 7. The number of nitrogens with one attached hydrogen (secondary N) is 1. The highest BCUT2D eigenvalue weighted by atomic mass is 16.5. The molecule has 3 heterocycles. The van der Waals surface area contributed by atoms with E-state index in [2.05, 4.69) is 20.3 Å². The molecule has 190 valence electrons. The molecule has 0 saturated heterocycles. The number of pyridine rings is 1. The highest BCUT2D eigenvalue weighted by molar-refractivity contribution is 5.97. The van der Waals surface area contributed by atoms with Crippen LogP contribution in [0, 0.1) is 0 Å². The zero-order valence-electron chi connectivity index (χ0n) is 20.6. The Balaban J connectivity index is 1.74. The predicted molar refractivity (Wildman–Crippen MR) is 144 cm³/mol. The number of aromatic nitrogens is 5. The number of hydrogen-bond acceptors (Lipinski definition) is 9. The van der Waals surface area contributed by atoms with Crippen molar-refractivity contribution in [3.8, 4) is 22.6 Å². The van der Waals surface area contributed by atoms with Gasteiger partial charge in [0.1, 0.15) is 17.4 Å². The monoisotopic (exact) mass is 508 g/mol. The van der Waals surface area contributed by atoms with E-state index >= 15 is 0 Å². The maximum atomic E-state index is 14.2. The van der Waals surface area contributed by atoms with E-state index in [4.69, 9.17) is 21.2 Å². The number of hydrogen-bond donors (Lipinski definition) is 3. The van der Waals surface area contributed by atoms with Crippen LogP contribution in [-0.2, 0) is 0 Å². The molecule has 2 aromatic carbocycles. The smallest absolute Gasteiger partial charge is 0.266 e. The fourth-order valence-electron chi connectivity index (χ4n) is 4.24. The van der Waals surface area contributed by atoms with Gasteiger partial charge >= 0.3 is 0 Å². The summed E-state index contributed by atoms with van der Waals surface area (Å²) in [5.74, 6) is 0.348. The maximum absolute atomic E-state index is 14.2. The number of ether oxygens (including phenoxy) is 1. The molecule has 5 rings (SSSR count). The second kappa shape index (κ2) is 9.97. The Bertz CT molecular complexity index is 1720. The minimum Gasteiger partial charge on any atom is -0.495 e. The molecule has 3 aromatic heterocycles. The van der Waals surface area contributed by atoms with Gasteiger partial charge in [0.05, 0.1) is 41.5 Å². The van der Waals surface area contributed by atoms with Crippen molar-refractivity contribution in [3.63, 3.8) is 0 Å². The summed E-state index contributed by atoms with van der Waals surface area (Å²) in [6.45, 7) is 1.80. The van der Waals surface area contributed by atoms with Crippen LogP contribution in [0.15, 0.2) is 78.0 Å². The average Bonchev–Trinajstić information content (AvgIpc) is 2.93. The van der Waals surface area contributed by atoms with E-state index in [0.717, 1.165) is 5.56 Å². The second-order valence-corrected chi connectivity index (χ2v) is 8.48. The maximum Gasteiger partial charge on any atom is 0.266 e. The Morgan fingerprint density at radius 1 is 1.05 bits per heavy atom. The van der Waals surface area contributed by atoms with Gasteiger partial charge < -0.3 is 21.5 Å². The zero-order valence-corrected chi connectivity index (χ0v) is 20.6. The van der Waals surface area contributed by atoms with Gasteiger partial charge in [0.25, 0.3) is 11.5 Å². The van der Waals surface area contributed by atoms with Crippen molar-refractivity contribution < 1.29 is 9.53 Å². The SMILES string of the molecule is COc1cncc(-c2cccc3nc([C@@H](C)Nc4nc(N)ncc4C(N)=O)n(-c4ccccc4)c(=O)c23)c1. The summed E-state index contributed by atoms with van der Waals surface area (Å²) in [6.07, 6.45) is 4.53. The molecular weight excluding hydrogens is 484 g/mol. The number of nitrogens with zero attached hydrogens (tertiary/aromatic N) is 5. The van der Waals surface area contributed by atoms with Gasteiger partial charge in [-0.15, -0.1) is 0 Å². The first-order chi connectivity index (χ1) is 18.4. The third-order valence-corrected chi connectivity index (χ3v) is 6.01. The molecule has 5 N–H and O–H groups in total. The molecule has 0 aliphatic carbocycles. The van der Waals surface area contributed by atoms with Crippen molar-refractivity contribution in [2.24, 2.45) is 5.73 Å². The number of nitrogen functional groups attached to an aromatic ring is 1. The Labute approximate surface area is 217 Å². The summed E-state index contributed by atoms with van der Waals surface area (Å²) in [5, 5.41) is 3.55. The molecule has 0 fully saturated rings. The molecule has 0 unspecified atom stereocenters. The number of primary amides is 1. The van der Waals surface area contributed by atoms with Crippen LogP contribution in [0.5, 0.6) is 5.75 Å². The lowest BCUT2D eigenvalue weighted by molar-refractivity contribution is 0.100. The lowest BCUT2D eigenvalue weighted by Crippen LogP contribution is -2.28. The Morgan fingerprint density at radius 2 is 1.84 bits per heavy atom. The number of anilines is 2. The molecule has 0 aliphatic heterocycles. The van der Waals surface area contributed by atoms with E-state index in [-0.39, 0.29) is 22.9 Å². The number of carbonyl (C=O) groups excluding carboxylic acids is 1. The van der Waals surface area contributed by atoms with E-state index in [1.165, 1.54) is 10.8 Å². The highest BCUT2D eigenvalue weighted by Gasteiger charge is 2.22. The molecule has 11 nitrogen and oxygen atoms in total. The van der Waals surface area contributed by atoms with Crippen molar-refractivity contribution in [3.05, 3.63) is 94.9 Å². The number of benzene rings is 2. The highest BCUT2D eigenvalue weighted by Crippen LogP contribution is 2.30. The van der Waals surface area contributed by atoms with Gasteiger partial charge in [-0.1, -0.05) is 30.3 Å². The lowest BCUT2D eigenvalue weighted by atomic mass is 10.0. The van der Waals surface area contributed by atoms with Crippen LogP contribution in [0.25, 0.3) is 27.7 Å². The largest absolute Gasteiger partial charge is 0.495 e. The number of amides is 1. The van der Waals surface area contributed by atoms with Crippen LogP contribution < -0.4 is 27.1 Å². The number of fused-ring (bicyclic) bond motifs is 1. The van der Waals surface area contributed by atoms with E-state index in [9.17, 15) is 9.59 Å². The van der Waals surface area contributed by atoms with Crippen molar-refractivity contribution in [1.29, 1.82) is 0 Å². The molecule has 5 aromatic rings. The predicted octanol–water partition coefficient (Wildman–Crippen LogP) is 3.10. The molecule has 0 spiro atoms. The molecule has 11 heteroatoms. The van der Waals surface area contributed by atoms with Crippen LogP contribution in [0.1, 0.15) is 29.1 Å². The van der Waals surface area contributed by atoms with Gasteiger partial charge in [-0.2, -0.15) is 4.98 Å². The van der Waals surface area contributed by atoms with Gasteiger partial charge in [-0.3, -0.25) is 19.1 Å². The summed E-state index contributed by atoms with van der Waals surface area (Å²) < 4.78 is 6.87. The Kier molecular flexibility index (Phi) is 6.40. The van der Waals surface area contributed by atoms with Gasteiger partial charge in [0.15, 0.2) is 0 Å². The molecule has 0 saturated carbocycles. The van der Waals surface area contributed by atoms with Crippen molar-refractivity contribution in [2.75, 3.05) is 18.2 Å². The van der Waals surface area contributed by atoms with Crippen LogP contribution in [0.4, 0.5) is 11.8 Å². The number of methoxy groups -OCH3 is 1. The standard InChI is InChI=1S/C27H24N8O3/c1-15(32-24-20(23(28)36)14-31-27(29)34-24)25-33-21-10-6-9-19(16-11-18(38-2)13-30-12-16)22(21)26(37)35(25)17-7-4-3-5-8-17/h3-15H,1-2H3,(H2,28,36)(H3,29,31,32,34)/t15-/m1/s1. The topological polar surface area (TPSA) is 164 Å². The fourth-order valence-corrected chi connectivity index (χ4v) is 4.24. The van der Waals surface area contributed by atoms with Gasteiger partial charge in [-0.25, -0.2) is 9.97 Å². The minimum atomic E-state index is -0.719. The van der Waals surface area contributed by atoms with E-state index in [0.29, 0.717) is 33.7 Å². The minimum absolute atomic E-state index is 0.0341. The zero-order chi connectivity index (χ0) is 26.8. The quantitative estimate of drug-likeness (QED) is 0.300. The summed E-state index contributed by atoms with van der Waals surface area (Å²) in [5.41, 5.74) is 13.5. The van der Waals surface area contributed by atoms with Crippen LogP contribution in [0.3, 0.4) is 0 Å². The van der Waals surface area contributed by atoms with Crippen LogP contribution in [0.2, 0.25) is 0 Å². The van der Waals surface area contributed by atoms with E-state index < -0.39 is 11.9 Å². The van der Waals surface area contributed by atoms with Gasteiger partial charge in [0, 0.05) is 18.0 Å². The first-order valence-corrected chi connectivity index (χ1v) is 11.7. The van der Waals surface area contributed by atoms with Crippen molar-refractivity contribution >= 4 is 28.6 Å². The average molecular weight is 509 g/mol. The number of para-hydroxylation sites is 1. The summed E-state index contributed by atoms with van der Waals surface area (Å²) in [4.78, 5) is 43.3. The third-order valence-electron chi connectivity index (χ3n) is 6.01. The molecule has 0 bridgehead atoms. The molecule has 0 aliphatic rings. The van der Waals surface area contributed by atoms with E-state index in [1.54, 1.807) is 32.5 Å². The summed E-state index contributed by atoms with van der Waals surface area (Å²) >= 11 is 0. The normalized spacial score (nSPS) is 11.7. The molecule has 1 amide bonds. The molecule has 0 radical (unpaired) electrons. The summed E-state index contributed by atoms with van der Waals surface area (Å²) in [6, 6.07) is 15.8. The number of nitrogens with two attached hydrogens (primary N) is 2. The third kappa shape index (κ3) is 4.48. The van der Waals surface area contributed by atoms with Crippen molar-refractivity contribution in [2.45, 2.75) is 13.0 Å². The van der Waals surface area contributed by atoms with Crippen molar-refractivity contribution in [1.82, 2.24) is 24.5 Å². The first-order valence-electron chi connectivity index (χ1n) is 11.7. The van der Waals surface area contributed by atoms with Gasteiger partial charge in [-0.05, 0) is 36.8 Å². The van der Waals surface area contributed by atoms with Crippen LogP contribution in [-0.4, -0.2) is 37.5 Å². The Hall–Kier alpha value is -5.32. The van der Waals surface area contributed by atoms with Crippen LogP contribution >= 0.6 is 0 Å². The van der Waals surface area contributed by atoms with Gasteiger partial charge in [0.2, 0.25) is 5.95 Å². The second-order valence-electron chi connectivity index (χ2n) is 8.48. The lowest BCUT2D eigenvalue weighted by Gasteiger charge is -2.21. The molecular formula is C27H24N8O3. The fraction of sp³-hybridized carbons (Fsp3) is 0.111. The number of carbonyl (C=O) groups is 1. The first kappa shape index (κ1) is 24.4.